The van der Waals surface area contributed by atoms with Gasteiger partial charge in [0.05, 0.1) is 101 Å². The van der Waals surface area contributed by atoms with Crippen molar-refractivity contribution in [3.05, 3.63) is 11.6 Å². The van der Waals surface area contributed by atoms with Gasteiger partial charge in [-0.05, 0) is 123 Å². The van der Waals surface area contributed by atoms with Crippen LogP contribution in [0.4, 0.5) is 0 Å². The van der Waals surface area contributed by atoms with Crippen LogP contribution in [0, 0.1) is 62.1 Å². The third kappa shape index (κ3) is 21.4. The van der Waals surface area contributed by atoms with Gasteiger partial charge >= 0.3 is 23.9 Å². The Morgan fingerprint density at radius 2 is 1.06 bits per heavy atom. The largest absolute Gasteiger partial charge is 0.479 e. The summed E-state index contributed by atoms with van der Waals surface area (Å²) in [6.07, 6.45) is -66.5. The molecule has 138 heavy (non-hydrogen) atoms. The van der Waals surface area contributed by atoms with Crippen LogP contribution in [0.2, 0.25) is 0 Å². The Kier molecular flexibility index (Phi) is 35.5. The Morgan fingerprint density at radius 3 is 1.69 bits per heavy atom. The van der Waals surface area contributed by atoms with E-state index < -0.39 is 378 Å². The Bertz CT molecular complexity index is 4100. The van der Waals surface area contributed by atoms with Crippen LogP contribution in [-0.2, 0) is 109 Å². The van der Waals surface area contributed by atoms with Crippen LogP contribution in [0.25, 0.3) is 0 Å². The lowest BCUT2D eigenvalue weighted by molar-refractivity contribution is -0.391. The van der Waals surface area contributed by atoms with Crippen molar-refractivity contribution in [2.75, 3.05) is 39.6 Å². The zero-order valence-electron chi connectivity index (χ0n) is 79.7. The molecule has 12 fully saturated rings. The fraction of sp³-hybridized carbons (Fsp3) is 0.924. The SMILES string of the molecule is CC[C@H](C)[C@H](C[C@H](O)CC(=O)O[C@@H]1C(C)O[C@@H](OC(=O)[C@]23CCC(C)(C)CC2C2=CCC4[C@@]5(C)CC[C@H](O[C@@H]6OC(C(=O)O)[C@H](O)[C@H](O[C@@H]7OC[C@@H](O)[C@H](O)C7O)C6O[C@@H]6OC(CO)[C@H](O)[C@H](O)C6O)[C@@](C)(C=O)C5CC[C@@]4(C)[C@]2(C)C[C@H]3O)[C@H](O[C@@H]2OC(C)[C@H](OC3OCC(O)[C@H](O[C@@H]4OCC(O)(CO)[C@@H]4O)[C@@H]3O)[C@H](O)C2O)C1O)OC(=O)C[C@@H](O)C[C@H](O[C@@H]1O[C@@H](CO)C(O)C1O)[C@@H](C)CC. The van der Waals surface area contributed by atoms with Gasteiger partial charge in [0, 0.05) is 12.8 Å². The predicted molar refractivity (Wildman–Crippen MR) is 458 cm³/mol. The van der Waals surface area contributed by atoms with E-state index in [2.05, 4.69) is 26.8 Å². The number of ether oxygens (including phenoxy) is 18. The van der Waals surface area contributed by atoms with Crippen molar-refractivity contribution >= 4 is 30.2 Å². The van der Waals surface area contributed by atoms with E-state index in [1.165, 1.54) is 13.8 Å². The first-order valence-corrected chi connectivity index (χ1v) is 48.3. The predicted octanol–water partition coefficient (Wildman–Crippen LogP) is -5.69. The van der Waals surface area contributed by atoms with E-state index in [1.54, 1.807) is 27.7 Å². The molecule has 17 unspecified atom stereocenters. The number of allylic oxidation sites excluding steroid dienone is 2. The molecule has 46 heteroatoms. The molecule has 8 saturated heterocycles. The van der Waals surface area contributed by atoms with Gasteiger partial charge in [0.1, 0.15) is 152 Å². The average Bonchev–Trinajstić information content (AvgIpc) is 0.726. The highest BCUT2D eigenvalue weighted by Crippen LogP contribution is 2.76. The molecule has 0 spiro atoms. The number of fused-ring (bicyclic) bond motifs is 7. The van der Waals surface area contributed by atoms with Gasteiger partial charge in [-0.1, -0.05) is 93.7 Å². The molecular weight excluding hydrogens is 1840 g/mol. The average molecular weight is 1990 g/mol. The van der Waals surface area contributed by atoms with Crippen molar-refractivity contribution in [2.45, 2.75) is 431 Å². The van der Waals surface area contributed by atoms with Crippen LogP contribution >= 0.6 is 0 Å². The summed E-state index contributed by atoms with van der Waals surface area (Å²) < 4.78 is 108. The lowest BCUT2D eigenvalue weighted by Crippen LogP contribution is -2.69. The summed E-state index contributed by atoms with van der Waals surface area (Å²) in [5.41, 5.74) is -7.70. The normalized spacial score (nSPS) is 48.7. The van der Waals surface area contributed by atoms with Crippen molar-refractivity contribution in [2.24, 2.45) is 62.1 Å². The van der Waals surface area contributed by atoms with E-state index in [0.29, 0.717) is 51.4 Å². The van der Waals surface area contributed by atoms with Gasteiger partial charge in [-0.2, -0.15) is 0 Å². The highest BCUT2D eigenvalue weighted by molar-refractivity contribution is 5.80. The molecule has 8 heterocycles. The standard InChI is InChI=1S/C92H148O46/c1-13-36(3)46(126-54(102)25-41(98)24-47(37(4)14-2)127-80-62(110)58(106)49(30-94)128-80)23-40(97)26-55(103)131-69-39(6)125-82(73(65(69)113)136-79-64(112)60(108)68(38(5)124-79)132-78-67(115)70(45(100)32-122-78)133-84-75(116)91(120,34-96)35-123-84)138-85(119)92-22-21-86(7,8)27-43(92)42-15-16-51-87(9)19-18-53(88(10,33-95)50(87)17-20-89(51,11)90(42,12)28-52(92)101)130-83-74(137-81-63(111)59(107)57(105)48(29-93)129-81)71(66(114)72(135-83)76(117)118)134-77-61(109)56(104)44(99)31-121-77/h15,33,36-41,43-53,56-75,77-84,93-94,96-101,104-116,120H,13-14,16-32,34-35H2,1-12H3,(H,117,118)/t36-,37-,38?,39?,40-,41-,43?,44+,45?,46-,47-,48?,49-,50?,51?,52+,53-,56-,57-,58?,59-,60+,61?,62?,63?,64?,65?,66+,67-,68-,69+,70-,71-,72?,73+,74?,75+,77-,78?,79-,80+,81-,82-,83+,84-,87-,88-,89+,90+,91?,92+/m0/s1. The Labute approximate surface area is 797 Å². The maximum Gasteiger partial charge on any atom is 0.335 e. The molecular formula is C92H148O46. The minimum absolute atomic E-state index is 0.0127. The summed E-state index contributed by atoms with van der Waals surface area (Å²) in [6, 6.07) is 0. The molecule has 792 valence electrons. The number of aliphatic hydroxyl groups is 22. The lowest BCUT2D eigenvalue weighted by atomic mass is 9.33. The zero-order chi connectivity index (χ0) is 101. The van der Waals surface area contributed by atoms with E-state index in [-0.39, 0.29) is 43.9 Å². The van der Waals surface area contributed by atoms with Gasteiger partial charge < -0.3 is 208 Å². The van der Waals surface area contributed by atoms with E-state index in [4.69, 9.17) is 85.3 Å². The van der Waals surface area contributed by atoms with Gasteiger partial charge in [-0.15, -0.1) is 0 Å². The van der Waals surface area contributed by atoms with Crippen LogP contribution in [-0.4, -0.2) is 439 Å². The van der Waals surface area contributed by atoms with Gasteiger partial charge in [0.15, 0.2) is 62.3 Å². The number of hydrogen-bond donors (Lipinski definition) is 23. The summed E-state index contributed by atoms with van der Waals surface area (Å²) in [7, 11) is 0. The lowest BCUT2D eigenvalue weighted by Gasteiger charge is -2.71. The smallest absolute Gasteiger partial charge is 0.335 e. The molecule has 4 saturated carbocycles. The Balaban J connectivity index is 0.748. The van der Waals surface area contributed by atoms with E-state index in [1.807, 2.05) is 20.8 Å². The van der Waals surface area contributed by atoms with Crippen molar-refractivity contribution in [3.8, 4) is 0 Å². The summed E-state index contributed by atoms with van der Waals surface area (Å²) >= 11 is 0. The number of carboxylic acids is 1. The number of hydrogen-bond acceptors (Lipinski definition) is 45. The van der Waals surface area contributed by atoms with E-state index in [0.717, 1.165) is 11.9 Å². The first kappa shape index (κ1) is 111. The molecule has 0 aromatic rings. The minimum Gasteiger partial charge on any atom is -0.479 e. The Hall–Kier alpha value is -4.19. The molecule has 8 aliphatic heterocycles. The van der Waals surface area contributed by atoms with Crippen molar-refractivity contribution in [3.63, 3.8) is 0 Å². The molecule has 51 atom stereocenters. The fourth-order valence-electron chi connectivity index (χ4n) is 24.1. The first-order valence-electron chi connectivity index (χ1n) is 48.3. The number of aliphatic carboxylic acids is 1. The third-order valence-corrected chi connectivity index (χ3v) is 33.3. The number of rotatable bonds is 35. The summed E-state index contributed by atoms with van der Waals surface area (Å²) in [6.45, 7) is 17.6. The molecule has 5 aliphatic carbocycles. The highest BCUT2D eigenvalue weighted by Gasteiger charge is 2.74. The molecule has 0 amide bonds. The van der Waals surface area contributed by atoms with Gasteiger partial charge in [0.2, 0.25) is 6.29 Å². The van der Waals surface area contributed by atoms with Gasteiger partial charge in [0.25, 0.3) is 0 Å². The Morgan fingerprint density at radius 1 is 0.507 bits per heavy atom. The third-order valence-electron chi connectivity index (χ3n) is 33.3. The number of carbonyl (C=O) groups excluding carboxylic acids is 4. The van der Waals surface area contributed by atoms with E-state index >= 15 is 4.79 Å². The topological polar surface area (TPSA) is 717 Å². The van der Waals surface area contributed by atoms with Gasteiger partial charge in [-0.3, -0.25) is 14.4 Å². The van der Waals surface area contributed by atoms with Crippen molar-refractivity contribution in [1.82, 2.24) is 0 Å². The molecule has 13 rings (SSSR count). The second-order valence-electron chi connectivity index (χ2n) is 42.6. The molecule has 0 bridgehead atoms. The number of carbonyl (C=O) groups is 5. The first-order chi connectivity index (χ1) is 64.8. The molecule has 0 aromatic heterocycles. The fourth-order valence-corrected chi connectivity index (χ4v) is 24.1. The molecule has 0 aromatic carbocycles. The number of carboxylic acid groups (broad SMARTS) is 1. The quantitative estimate of drug-likeness (QED) is 0.00924. The van der Waals surface area contributed by atoms with Crippen molar-refractivity contribution in [1.29, 1.82) is 0 Å². The molecule has 23 N–H and O–H groups in total. The summed E-state index contributed by atoms with van der Waals surface area (Å²) in [4.78, 5) is 72.1. The molecule has 13 aliphatic rings. The van der Waals surface area contributed by atoms with Crippen LogP contribution in [0.15, 0.2) is 11.6 Å². The summed E-state index contributed by atoms with van der Waals surface area (Å²) in [5.74, 6) is -7.25. The van der Waals surface area contributed by atoms with Crippen LogP contribution in [0.3, 0.4) is 0 Å². The van der Waals surface area contributed by atoms with Crippen LogP contribution < -0.4 is 0 Å². The van der Waals surface area contributed by atoms with Crippen LogP contribution in [0.5, 0.6) is 0 Å². The monoisotopic (exact) mass is 1990 g/mol. The maximum atomic E-state index is 16.4. The molecule has 46 nitrogen and oxygen atoms in total. The van der Waals surface area contributed by atoms with Crippen molar-refractivity contribution < 1.29 is 227 Å². The maximum absolute atomic E-state index is 16.4. The second-order valence-corrected chi connectivity index (χ2v) is 42.6. The summed E-state index contributed by atoms with van der Waals surface area (Å²) in [5, 5.41) is 256. The molecule has 0 radical (unpaired) electrons. The van der Waals surface area contributed by atoms with E-state index in [9.17, 15) is 137 Å². The second kappa shape index (κ2) is 44.1. The van der Waals surface area contributed by atoms with Crippen LogP contribution in [0.1, 0.15) is 179 Å². The number of esters is 3. The minimum atomic E-state index is -2.27. The number of aldehydes is 1. The zero-order valence-corrected chi connectivity index (χ0v) is 79.7. The van der Waals surface area contributed by atoms with Gasteiger partial charge in [-0.25, -0.2) is 4.79 Å². The number of aliphatic hydroxyl groups excluding tert-OH is 21. The highest BCUT2D eigenvalue weighted by atomic mass is 16.8.